The van der Waals surface area contributed by atoms with Crippen LogP contribution in [-0.2, 0) is 22.2 Å². The number of ketones is 2. The summed E-state index contributed by atoms with van der Waals surface area (Å²) >= 11 is 0. The van der Waals surface area contributed by atoms with Gasteiger partial charge in [0.1, 0.15) is 17.9 Å². The van der Waals surface area contributed by atoms with Crippen molar-refractivity contribution in [3.63, 3.8) is 0 Å². The van der Waals surface area contributed by atoms with E-state index in [0.29, 0.717) is 24.2 Å². The lowest BCUT2D eigenvalue weighted by Crippen LogP contribution is -2.68. The van der Waals surface area contributed by atoms with E-state index >= 15 is 9.59 Å². The third-order valence-corrected chi connectivity index (χ3v) is 14.2. The molecule has 3 aliphatic carbocycles. The summed E-state index contributed by atoms with van der Waals surface area (Å²) in [5, 5.41) is 15.5. The Morgan fingerprint density at radius 3 is 2.49 bits per heavy atom. The van der Waals surface area contributed by atoms with Crippen LogP contribution in [0.2, 0.25) is 18.1 Å². The van der Waals surface area contributed by atoms with Gasteiger partial charge in [-0.1, -0.05) is 51.1 Å². The summed E-state index contributed by atoms with van der Waals surface area (Å²) in [4.78, 5) is 36.6. The molecule has 2 aromatic heterocycles. The molecule has 0 aliphatic heterocycles. The van der Waals surface area contributed by atoms with Crippen molar-refractivity contribution < 1.29 is 28.4 Å². The first-order valence-corrected chi connectivity index (χ1v) is 17.7. The molecule has 1 saturated carbocycles. The molecule has 6 rings (SSSR count). The van der Waals surface area contributed by atoms with Crippen LogP contribution < -0.4 is 4.74 Å². The zero-order chi connectivity index (χ0) is 30.9. The number of carbonyl (C=O) groups is 2. The first-order valence-electron chi connectivity index (χ1n) is 14.8. The molecule has 1 fully saturated rings. The zero-order valence-electron chi connectivity index (χ0n) is 25.8. The lowest BCUT2D eigenvalue weighted by atomic mass is 9.57. The second-order valence-electron chi connectivity index (χ2n) is 13.7. The van der Waals surface area contributed by atoms with Crippen molar-refractivity contribution in [3.8, 4) is 5.88 Å². The number of hydrogen-bond donors (Lipinski definition) is 1. The molecule has 0 bridgehead atoms. The van der Waals surface area contributed by atoms with Crippen LogP contribution in [0, 0.1) is 11.8 Å². The molecule has 0 unspecified atom stereocenters. The molecule has 1 aromatic carbocycles. The molecule has 0 amide bonds. The minimum absolute atomic E-state index is 0.0404. The van der Waals surface area contributed by atoms with Crippen molar-refractivity contribution >= 4 is 25.6 Å². The molecule has 226 valence electrons. The van der Waals surface area contributed by atoms with Gasteiger partial charge in [-0.3, -0.25) is 19.5 Å². The lowest BCUT2D eigenvalue weighted by Gasteiger charge is -2.55. The minimum Gasteiger partial charge on any atom is -0.507 e. The van der Waals surface area contributed by atoms with Gasteiger partial charge >= 0.3 is 0 Å². The Morgan fingerprint density at radius 2 is 1.81 bits per heavy atom. The predicted octanol–water partition coefficient (Wildman–Crippen LogP) is 5.94. The lowest BCUT2D eigenvalue weighted by molar-refractivity contribution is -0.140. The highest BCUT2D eigenvalue weighted by Gasteiger charge is 2.68. The smallest absolute Gasteiger partial charge is 0.265 e. The number of ether oxygens (including phenoxy) is 1. The summed E-state index contributed by atoms with van der Waals surface area (Å²) in [6, 6.07) is 12.6. The van der Waals surface area contributed by atoms with Crippen LogP contribution in [0.25, 0.3) is 5.76 Å². The van der Waals surface area contributed by atoms with Crippen LogP contribution in [0.5, 0.6) is 5.88 Å². The zero-order valence-corrected chi connectivity index (χ0v) is 26.8. The number of aliphatic hydroxyl groups is 1. The fourth-order valence-electron chi connectivity index (χ4n) is 6.66. The number of Topliss-reactive ketones (excluding diaryl/α,β-unsaturated/α-hetero) is 2. The van der Waals surface area contributed by atoms with Gasteiger partial charge in [0.15, 0.2) is 19.7 Å². The fraction of sp³-hybridized carbons (Fsp3) is 0.455. The van der Waals surface area contributed by atoms with Crippen molar-refractivity contribution in [3.05, 3.63) is 82.4 Å². The molecule has 0 spiro atoms. The van der Waals surface area contributed by atoms with Crippen LogP contribution >= 0.6 is 0 Å². The third kappa shape index (κ3) is 4.49. The molecule has 1 N–H and O–H groups in total. The van der Waals surface area contributed by atoms with Gasteiger partial charge in [0.25, 0.3) is 5.88 Å². The van der Waals surface area contributed by atoms with Gasteiger partial charge in [0.05, 0.1) is 11.7 Å². The maximum absolute atomic E-state index is 15.1. The van der Waals surface area contributed by atoms with Gasteiger partial charge in [0, 0.05) is 23.3 Å². The number of hydrogen-bond acceptors (Lipinski definition) is 9. The fourth-order valence-corrected chi connectivity index (χ4v) is 8.11. The van der Waals surface area contributed by atoms with Crippen LogP contribution in [0.3, 0.4) is 0 Å². The van der Waals surface area contributed by atoms with E-state index in [2.05, 4.69) is 30.9 Å². The van der Waals surface area contributed by atoms with Crippen molar-refractivity contribution in [1.82, 2.24) is 15.0 Å². The Hall–Kier alpha value is -3.60. The van der Waals surface area contributed by atoms with Gasteiger partial charge < -0.3 is 18.8 Å². The molecule has 43 heavy (non-hydrogen) atoms. The molecule has 10 heteroatoms. The number of rotatable bonds is 6. The number of carbonyl (C=O) groups excluding carboxylic acids is 2. The van der Waals surface area contributed by atoms with E-state index in [-0.39, 0.29) is 40.3 Å². The van der Waals surface area contributed by atoms with E-state index in [1.165, 1.54) is 0 Å². The van der Waals surface area contributed by atoms with Crippen molar-refractivity contribution in [1.29, 1.82) is 0 Å². The Balaban J connectivity index is 1.56. The molecule has 2 heterocycles. The van der Waals surface area contributed by atoms with Crippen LogP contribution in [0.15, 0.2) is 58.8 Å². The van der Waals surface area contributed by atoms with E-state index in [9.17, 15) is 5.11 Å². The molecular weight excluding hydrogens is 562 g/mol. The normalized spacial score (nSPS) is 25.3. The molecule has 3 aromatic rings. The SMILES string of the molecule is CN(C)[C@@H]1c2onc(OCc3ccccc3)c2C(=O)[C@@]2(O[Si](C)(C)C(C)(C)C)C(=O)C3=C(O)c4cccnc4C[C@H]3C[C@@H]12. The standard InChI is InChI=1S/C33H39N3O6Si/c1-32(2,3)43(6,7)42-33-22(16-20-17-23-21(14-11-15-34-23)27(37)24(20)29(33)38)26(36(4)5)28-25(30(33)39)31(35-41-28)40-18-19-12-9-8-10-13-19/h8-15,20,22,26,37H,16-18H2,1-7H3/t20-,22+,26+,33+/m1/s1. The largest absolute Gasteiger partial charge is 0.507 e. The Labute approximate surface area is 253 Å². The molecular formula is C33H39N3O6Si. The second-order valence-corrected chi connectivity index (χ2v) is 18.4. The summed E-state index contributed by atoms with van der Waals surface area (Å²) in [7, 11) is 1.04. The summed E-state index contributed by atoms with van der Waals surface area (Å²) in [5.41, 5.74) is 0.647. The predicted molar refractivity (Wildman–Crippen MR) is 163 cm³/mol. The average molecular weight is 602 g/mol. The molecule has 4 atom stereocenters. The number of pyridine rings is 1. The van der Waals surface area contributed by atoms with Gasteiger partial charge in [-0.2, -0.15) is 0 Å². The van der Waals surface area contributed by atoms with Gasteiger partial charge in [-0.15, -0.1) is 0 Å². The van der Waals surface area contributed by atoms with E-state index in [4.69, 9.17) is 13.7 Å². The van der Waals surface area contributed by atoms with Crippen molar-refractivity contribution in [2.75, 3.05) is 14.1 Å². The number of benzene rings is 1. The number of nitrogens with zero attached hydrogens (tertiary/aromatic N) is 3. The molecule has 0 saturated heterocycles. The quantitative estimate of drug-likeness (QED) is 0.271. The van der Waals surface area contributed by atoms with Crippen molar-refractivity contribution in [2.45, 2.75) is 70.0 Å². The maximum Gasteiger partial charge on any atom is 0.265 e. The van der Waals surface area contributed by atoms with E-state index in [1.54, 1.807) is 18.3 Å². The number of aliphatic hydroxyl groups excluding tert-OH is 1. The maximum atomic E-state index is 15.1. The van der Waals surface area contributed by atoms with Crippen LogP contribution in [-0.4, -0.2) is 59.7 Å². The number of aromatic nitrogens is 2. The topological polar surface area (TPSA) is 115 Å². The van der Waals surface area contributed by atoms with Gasteiger partial charge in [0.2, 0.25) is 11.6 Å². The van der Waals surface area contributed by atoms with Gasteiger partial charge in [-0.05, 0) is 73.8 Å². The summed E-state index contributed by atoms with van der Waals surface area (Å²) in [6.45, 7) is 10.5. The first kappa shape index (κ1) is 29.5. The second kappa shape index (κ2) is 10.2. The first-order chi connectivity index (χ1) is 20.3. The summed E-state index contributed by atoms with van der Waals surface area (Å²) < 4.78 is 19.1. The van der Waals surface area contributed by atoms with E-state index < -0.39 is 37.4 Å². The monoisotopic (exact) mass is 601 g/mol. The molecule has 3 aliphatic rings. The molecule has 9 nitrogen and oxygen atoms in total. The van der Waals surface area contributed by atoms with Gasteiger partial charge in [-0.25, -0.2) is 0 Å². The Kier molecular flexibility index (Phi) is 7.02. The average Bonchev–Trinajstić information content (AvgIpc) is 3.36. The number of fused-ring (bicyclic) bond motifs is 4. The van der Waals surface area contributed by atoms with Crippen LogP contribution in [0.4, 0.5) is 0 Å². The summed E-state index contributed by atoms with van der Waals surface area (Å²) in [5.74, 6) is -1.62. The highest BCUT2D eigenvalue weighted by Crippen LogP contribution is 2.58. The Morgan fingerprint density at radius 1 is 1.09 bits per heavy atom. The minimum atomic E-state index is -2.77. The highest BCUT2D eigenvalue weighted by atomic mass is 28.4. The van der Waals surface area contributed by atoms with E-state index in [1.807, 2.05) is 62.4 Å². The highest BCUT2D eigenvalue weighted by molar-refractivity contribution is 6.74. The third-order valence-electron chi connectivity index (χ3n) is 9.79. The summed E-state index contributed by atoms with van der Waals surface area (Å²) in [6.07, 6.45) is 2.60. The van der Waals surface area contributed by atoms with Crippen LogP contribution in [0.1, 0.15) is 66.2 Å². The Bertz CT molecular complexity index is 1620. The van der Waals surface area contributed by atoms with E-state index in [0.717, 1.165) is 11.3 Å². The molecule has 0 radical (unpaired) electrons. The van der Waals surface area contributed by atoms with Crippen molar-refractivity contribution in [2.24, 2.45) is 11.8 Å².